The Labute approximate surface area is 187 Å². The van der Waals surface area contributed by atoms with Crippen molar-refractivity contribution in [2.24, 2.45) is 0 Å². The van der Waals surface area contributed by atoms with Gasteiger partial charge in [0.05, 0.1) is 35.0 Å². The molecule has 0 unspecified atom stereocenters. The number of anilines is 2. The Morgan fingerprint density at radius 3 is 2.75 bits per heavy atom. The Morgan fingerprint density at radius 1 is 1.25 bits per heavy atom. The summed E-state index contributed by atoms with van der Waals surface area (Å²) < 4.78 is 46.2. The number of aromatic nitrogens is 5. The van der Waals surface area contributed by atoms with Crippen LogP contribution in [0.1, 0.15) is 11.4 Å². The van der Waals surface area contributed by atoms with Crippen LogP contribution in [-0.4, -0.2) is 38.1 Å². The van der Waals surface area contributed by atoms with Crippen LogP contribution < -0.4 is 10.6 Å². The van der Waals surface area contributed by atoms with Gasteiger partial charge in [0.15, 0.2) is 0 Å². The third kappa shape index (κ3) is 4.23. The van der Waals surface area contributed by atoms with E-state index >= 15 is 0 Å². The molecule has 0 aliphatic heterocycles. The fourth-order valence-electron chi connectivity index (χ4n) is 3.05. The highest BCUT2D eigenvalue weighted by Crippen LogP contribution is 2.41. The zero-order valence-corrected chi connectivity index (χ0v) is 17.9. The van der Waals surface area contributed by atoms with Gasteiger partial charge in [-0.2, -0.15) is 13.2 Å². The predicted octanol–water partition coefficient (Wildman–Crippen LogP) is 4.92. The van der Waals surface area contributed by atoms with Gasteiger partial charge in [-0.25, -0.2) is 19.7 Å². The first kappa shape index (κ1) is 21.6. The molecule has 0 atom stereocenters. The zero-order chi connectivity index (χ0) is 22.9. The van der Waals surface area contributed by atoms with Crippen LogP contribution in [0.2, 0.25) is 0 Å². The standard InChI is InChI=1S/C19H15BrF3N7O2/c1-32-18(31)29-12-3-2-9-10(6-26-16(9)14(12)20)15-11(19(21,22)23)7-27-17(30-15)28-8-13-24-4-5-25-13/h2-7,26H,8H2,1H3,(H,24,25)(H,29,31)(H,27,28,30). The smallest absolute Gasteiger partial charge is 0.419 e. The lowest BCUT2D eigenvalue weighted by Gasteiger charge is -2.13. The van der Waals surface area contributed by atoms with Crippen LogP contribution in [0.25, 0.3) is 22.2 Å². The lowest BCUT2D eigenvalue weighted by Crippen LogP contribution is -2.12. The number of fused-ring (bicyclic) bond motifs is 1. The first-order valence-corrected chi connectivity index (χ1v) is 9.88. The minimum Gasteiger partial charge on any atom is -0.453 e. The topological polar surface area (TPSA) is 121 Å². The van der Waals surface area contributed by atoms with E-state index in [1.54, 1.807) is 24.5 Å². The van der Waals surface area contributed by atoms with Crippen LogP contribution in [0, 0.1) is 0 Å². The molecule has 4 rings (SSSR count). The lowest BCUT2D eigenvalue weighted by atomic mass is 10.1. The second-order valence-corrected chi connectivity index (χ2v) is 7.30. The van der Waals surface area contributed by atoms with Crippen LogP contribution in [-0.2, 0) is 17.5 Å². The fraction of sp³-hybridized carbons (Fsp3) is 0.158. The summed E-state index contributed by atoms with van der Waals surface area (Å²) in [5.41, 5.74) is -0.180. The van der Waals surface area contributed by atoms with Crippen LogP contribution in [0.15, 0.2) is 41.4 Å². The minimum atomic E-state index is -4.66. The van der Waals surface area contributed by atoms with E-state index in [2.05, 4.69) is 56.2 Å². The largest absolute Gasteiger partial charge is 0.453 e. The van der Waals surface area contributed by atoms with E-state index in [1.807, 2.05) is 0 Å². The monoisotopic (exact) mass is 509 g/mol. The summed E-state index contributed by atoms with van der Waals surface area (Å²) >= 11 is 3.37. The Hall–Kier alpha value is -3.61. The number of hydrogen-bond acceptors (Lipinski definition) is 6. The van der Waals surface area contributed by atoms with Crippen molar-refractivity contribution < 1.29 is 22.7 Å². The number of H-pyrrole nitrogens is 2. The van der Waals surface area contributed by atoms with Gasteiger partial charge >= 0.3 is 12.3 Å². The lowest BCUT2D eigenvalue weighted by molar-refractivity contribution is -0.137. The van der Waals surface area contributed by atoms with Gasteiger partial charge in [0.2, 0.25) is 5.95 Å². The Kier molecular flexibility index (Phi) is 5.74. The second kappa shape index (κ2) is 8.49. The highest BCUT2D eigenvalue weighted by atomic mass is 79.9. The average Bonchev–Trinajstić information content (AvgIpc) is 3.43. The summed E-state index contributed by atoms with van der Waals surface area (Å²) in [6.45, 7) is 0.208. The molecule has 4 N–H and O–H groups in total. The Morgan fingerprint density at radius 2 is 2.06 bits per heavy atom. The first-order chi connectivity index (χ1) is 15.3. The molecule has 0 aliphatic carbocycles. The van der Waals surface area contributed by atoms with Crippen molar-refractivity contribution in [2.75, 3.05) is 17.7 Å². The predicted molar refractivity (Wildman–Crippen MR) is 114 cm³/mol. The molecule has 0 radical (unpaired) electrons. The summed E-state index contributed by atoms with van der Waals surface area (Å²) in [6.07, 6.45) is 0.00676. The van der Waals surface area contributed by atoms with Gasteiger partial charge in [-0.3, -0.25) is 5.32 Å². The summed E-state index contributed by atoms with van der Waals surface area (Å²) in [5.74, 6) is 0.596. The molecule has 3 heterocycles. The summed E-state index contributed by atoms with van der Waals surface area (Å²) in [7, 11) is 1.22. The molecule has 0 bridgehead atoms. The second-order valence-electron chi connectivity index (χ2n) is 6.51. The normalized spacial score (nSPS) is 11.5. The molecule has 1 amide bonds. The van der Waals surface area contributed by atoms with Crippen LogP contribution >= 0.6 is 15.9 Å². The third-order valence-electron chi connectivity index (χ3n) is 4.53. The number of halogens is 4. The van der Waals surface area contributed by atoms with E-state index in [1.165, 1.54) is 13.3 Å². The number of aromatic amines is 2. The van der Waals surface area contributed by atoms with Gasteiger partial charge in [0, 0.05) is 35.7 Å². The summed E-state index contributed by atoms with van der Waals surface area (Å²) in [5, 5.41) is 5.85. The molecule has 9 nitrogen and oxygen atoms in total. The van der Waals surface area contributed by atoms with Gasteiger partial charge in [0.1, 0.15) is 11.4 Å². The number of carbonyl (C=O) groups is 1. The number of benzene rings is 1. The number of ether oxygens (including phenoxy) is 1. The van der Waals surface area contributed by atoms with E-state index in [0.717, 1.165) is 6.20 Å². The molecule has 166 valence electrons. The van der Waals surface area contributed by atoms with Crippen LogP contribution in [0.5, 0.6) is 0 Å². The molecular formula is C19H15BrF3N7O2. The fourth-order valence-corrected chi connectivity index (χ4v) is 3.61. The van der Waals surface area contributed by atoms with Crippen molar-refractivity contribution >= 4 is 44.6 Å². The van der Waals surface area contributed by atoms with Crippen LogP contribution in [0.4, 0.5) is 29.6 Å². The number of amides is 1. The quantitative estimate of drug-likeness (QED) is 0.303. The average molecular weight is 510 g/mol. The van der Waals surface area contributed by atoms with Crippen molar-refractivity contribution in [3.63, 3.8) is 0 Å². The molecular weight excluding hydrogens is 495 g/mol. The van der Waals surface area contributed by atoms with E-state index in [4.69, 9.17) is 0 Å². The van der Waals surface area contributed by atoms with E-state index in [0.29, 0.717) is 26.9 Å². The van der Waals surface area contributed by atoms with E-state index in [-0.39, 0.29) is 23.8 Å². The number of methoxy groups -OCH3 is 1. The van der Waals surface area contributed by atoms with Gasteiger partial charge < -0.3 is 20.0 Å². The summed E-state index contributed by atoms with van der Waals surface area (Å²) in [6, 6.07) is 3.13. The molecule has 0 saturated carbocycles. The number of hydrogen-bond donors (Lipinski definition) is 4. The molecule has 0 saturated heterocycles. The van der Waals surface area contributed by atoms with Crippen molar-refractivity contribution in [3.8, 4) is 11.3 Å². The Bertz CT molecular complexity index is 1270. The van der Waals surface area contributed by atoms with Gasteiger partial charge in [-0.15, -0.1) is 0 Å². The van der Waals surface area contributed by atoms with Gasteiger partial charge in [-0.1, -0.05) is 6.07 Å². The number of alkyl halides is 3. The highest BCUT2D eigenvalue weighted by molar-refractivity contribution is 9.10. The molecule has 0 aliphatic rings. The van der Waals surface area contributed by atoms with E-state index < -0.39 is 17.8 Å². The zero-order valence-electron chi connectivity index (χ0n) is 16.3. The number of carbonyl (C=O) groups excluding carboxylic acids is 1. The third-order valence-corrected chi connectivity index (χ3v) is 5.36. The number of imidazole rings is 1. The maximum atomic E-state index is 13.7. The maximum Gasteiger partial charge on any atom is 0.419 e. The van der Waals surface area contributed by atoms with Crippen molar-refractivity contribution in [1.29, 1.82) is 0 Å². The van der Waals surface area contributed by atoms with Crippen LogP contribution in [0.3, 0.4) is 0 Å². The molecule has 4 aromatic rings. The first-order valence-electron chi connectivity index (χ1n) is 9.09. The number of rotatable bonds is 5. The van der Waals surface area contributed by atoms with Crippen molar-refractivity contribution in [1.82, 2.24) is 24.9 Å². The van der Waals surface area contributed by atoms with Gasteiger partial charge in [-0.05, 0) is 22.0 Å². The molecule has 32 heavy (non-hydrogen) atoms. The SMILES string of the molecule is COC(=O)Nc1ccc2c(-c3nc(NCc4ncc[nH]4)ncc3C(F)(F)F)c[nH]c2c1Br. The Balaban J connectivity index is 1.77. The number of nitrogens with one attached hydrogen (secondary N) is 4. The van der Waals surface area contributed by atoms with Crippen molar-refractivity contribution in [3.05, 3.63) is 52.8 Å². The number of nitrogens with zero attached hydrogens (tertiary/aromatic N) is 3. The molecule has 13 heteroatoms. The van der Waals surface area contributed by atoms with Crippen molar-refractivity contribution in [2.45, 2.75) is 12.7 Å². The van der Waals surface area contributed by atoms with E-state index in [9.17, 15) is 18.0 Å². The molecule has 0 spiro atoms. The minimum absolute atomic E-state index is 0.0155. The maximum absolute atomic E-state index is 13.7. The molecule has 1 aromatic carbocycles. The summed E-state index contributed by atoms with van der Waals surface area (Å²) in [4.78, 5) is 29.3. The highest BCUT2D eigenvalue weighted by Gasteiger charge is 2.36. The van der Waals surface area contributed by atoms with Gasteiger partial charge in [0.25, 0.3) is 0 Å². The molecule has 0 fully saturated rings. The molecule has 3 aromatic heterocycles.